The normalized spacial score (nSPS) is 18.8. The topological polar surface area (TPSA) is 74.9 Å². The van der Waals surface area contributed by atoms with Crippen molar-refractivity contribution in [1.29, 1.82) is 0 Å². The molecule has 0 saturated carbocycles. The van der Waals surface area contributed by atoms with Crippen LogP contribution in [0.25, 0.3) is 5.76 Å². The Morgan fingerprint density at radius 3 is 2.23 bits per heavy atom. The number of carbonyl (C=O) groups is 2. The van der Waals surface area contributed by atoms with Crippen molar-refractivity contribution in [3.8, 4) is 0 Å². The van der Waals surface area contributed by atoms with Crippen molar-refractivity contribution >= 4 is 17.4 Å². The number of Topliss-reactive ketones (excluding diaryl/α,β-unsaturated/α-hetero) is 1. The maximum absolute atomic E-state index is 13.0. The SMILES string of the molecule is C[NH+](C)CCCN1C(=O)C(=O)C(=C(O)c2ccncc2)[C@H]1c1ccc(C(C)(C)C)cc1. The average Bonchev–Trinajstić information content (AvgIpc) is 2.98. The second-order valence-electron chi connectivity index (χ2n) is 9.41. The molecule has 1 aliphatic rings. The van der Waals surface area contributed by atoms with Crippen LogP contribution in [0, 0.1) is 0 Å². The number of aliphatic hydroxyl groups excluding tert-OH is 1. The molecule has 1 saturated heterocycles. The van der Waals surface area contributed by atoms with Crippen LogP contribution in [-0.2, 0) is 15.0 Å². The Hall–Kier alpha value is -2.99. The van der Waals surface area contributed by atoms with Crippen LogP contribution in [-0.4, -0.2) is 53.9 Å². The van der Waals surface area contributed by atoms with Crippen LogP contribution >= 0.6 is 0 Å². The highest BCUT2D eigenvalue weighted by atomic mass is 16.3. The molecule has 0 bridgehead atoms. The van der Waals surface area contributed by atoms with Gasteiger partial charge < -0.3 is 14.9 Å². The molecule has 1 aromatic carbocycles. The van der Waals surface area contributed by atoms with E-state index in [1.54, 1.807) is 29.4 Å². The summed E-state index contributed by atoms with van der Waals surface area (Å²) in [5.74, 6) is -1.36. The summed E-state index contributed by atoms with van der Waals surface area (Å²) >= 11 is 0. The quantitative estimate of drug-likeness (QED) is 0.426. The van der Waals surface area contributed by atoms with Crippen LogP contribution in [0.3, 0.4) is 0 Å². The molecule has 164 valence electrons. The van der Waals surface area contributed by atoms with Gasteiger partial charge in [0.25, 0.3) is 11.7 Å². The van der Waals surface area contributed by atoms with E-state index in [1.807, 2.05) is 24.3 Å². The number of likely N-dealkylation sites (tertiary alicyclic amines) is 1. The van der Waals surface area contributed by atoms with Gasteiger partial charge in [-0.05, 0) is 28.7 Å². The van der Waals surface area contributed by atoms with Crippen LogP contribution in [0.1, 0.15) is 49.9 Å². The van der Waals surface area contributed by atoms with Gasteiger partial charge in [0.05, 0.1) is 32.3 Å². The van der Waals surface area contributed by atoms with Crippen LogP contribution in [0.2, 0.25) is 0 Å². The number of nitrogens with zero attached hydrogens (tertiary/aromatic N) is 2. The fraction of sp³-hybridized carbons (Fsp3) is 0.400. The highest BCUT2D eigenvalue weighted by Gasteiger charge is 2.45. The predicted octanol–water partition coefficient (Wildman–Crippen LogP) is 2.34. The number of ketones is 1. The number of hydrogen-bond acceptors (Lipinski definition) is 4. The number of rotatable bonds is 6. The van der Waals surface area contributed by atoms with Gasteiger partial charge in [0.1, 0.15) is 5.76 Å². The van der Waals surface area contributed by atoms with Crippen molar-refractivity contribution in [2.45, 2.75) is 38.6 Å². The van der Waals surface area contributed by atoms with Crippen LogP contribution in [0.15, 0.2) is 54.4 Å². The lowest BCUT2D eigenvalue weighted by molar-refractivity contribution is -0.858. The lowest BCUT2D eigenvalue weighted by Crippen LogP contribution is -3.05. The zero-order valence-electron chi connectivity index (χ0n) is 19.0. The Morgan fingerprint density at radius 1 is 1.06 bits per heavy atom. The summed E-state index contributed by atoms with van der Waals surface area (Å²) in [5, 5.41) is 11.0. The Labute approximate surface area is 184 Å². The third-order valence-corrected chi connectivity index (χ3v) is 5.66. The fourth-order valence-corrected chi connectivity index (χ4v) is 3.89. The van der Waals surface area contributed by atoms with E-state index in [0.29, 0.717) is 12.1 Å². The summed E-state index contributed by atoms with van der Waals surface area (Å²) in [6, 6.07) is 10.6. The van der Waals surface area contributed by atoms with E-state index < -0.39 is 17.7 Å². The smallest absolute Gasteiger partial charge is 0.295 e. The summed E-state index contributed by atoms with van der Waals surface area (Å²) in [4.78, 5) is 32.8. The van der Waals surface area contributed by atoms with Crippen molar-refractivity contribution in [2.75, 3.05) is 27.2 Å². The number of aliphatic hydroxyl groups is 1. The van der Waals surface area contributed by atoms with Crippen LogP contribution in [0.5, 0.6) is 0 Å². The third kappa shape index (κ3) is 4.85. The molecule has 31 heavy (non-hydrogen) atoms. The molecular formula is C25H32N3O3+. The molecule has 6 nitrogen and oxygen atoms in total. The number of carbonyl (C=O) groups excluding carboxylic acids is 2. The van der Waals surface area contributed by atoms with Crippen molar-refractivity contribution in [3.63, 3.8) is 0 Å². The molecule has 0 aliphatic carbocycles. The van der Waals surface area contributed by atoms with Gasteiger partial charge in [0.15, 0.2) is 0 Å². The molecule has 1 atom stereocenters. The fourth-order valence-electron chi connectivity index (χ4n) is 3.89. The number of amides is 1. The van der Waals surface area contributed by atoms with E-state index in [4.69, 9.17) is 0 Å². The van der Waals surface area contributed by atoms with Gasteiger partial charge >= 0.3 is 0 Å². The molecule has 0 radical (unpaired) electrons. The zero-order chi connectivity index (χ0) is 22.8. The third-order valence-electron chi connectivity index (χ3n) is 5.66. The second kappa shape index (κ2) is 9.02. The van der Waals surface area contributed by atoms with Crippen LogP contribution in [0.4, 0.5) is 0 Å². The maximum Gasteiger partial charge on any atom is 0.295 e. The summed E-state index contributed by atoms with van der Waals surface area (Å²) in [6.45, 7) is 7.75. The number of hydrogen-bond donors (Lipinski definition) is 2. The van der Waals surface area contributed by atoms with E-state index in [-0.39, 0.29) is 16.7 Å². The molecular weight excluding hydrogens is 390 g/mol. The summed E-state index contributed by atoms with van der Waals surface area (Å²) in [5.41, 5.74) is 2.59. The van der Waals surface area contributed by atoms with Gasteiger partial charge in [-0.2, -0.15) is 0 Å². The Kier molecular flexibility index (Phi) is 6.60. The van der Waals surface area contributed by atoms with E-state index in [2.05, 4.69) is 39.9 Å². The van der Waals surface area contributed by atoms with Crippen molar-refractivity contribution in [1.82, 2.24) is 9.88 Å². The lowest BCUT2D eigenvalue weighted by atomic mass is 9.85. The minimum Gasteiger partial charge on any atom is -0.507 e. The molecule has 2 aromatic rings. The van der Waals surface area contributed by atoms with Gasteiger partial charge in [-0.15, -0.1) is 0 Å². The van der Waals surface area contributed by atoms with Gasteiger partial charge in [-0.3, -0.25) is 14.6 Å². The molecule has 2 N–H and O–H groups in total. The Morgan fingerprint density at radius 2 is 1.68 bits per heavy atom. The largest absolute Gasteiger partial charge is 0.507 e. The Bertz CT molecular complexity index is 973. The molecule has 0 spiro atoms. The Balaban J connectivity index is 2.08. The van der Waals surface area contributed by atoms with Crippen LogP contribution < -0.4 is 4.90 Å². The maximum atomic E-state index is 13.0. The summed E-state index contributed by atoms with van der Waals surface area (Å²) in [6.07, 6.45) is 3.87. The van der Waals surface area contributed by atoms with Gasteiger partial charge in [0.2, 0.25) is 0 Å². The van der Waals surface area contributed by atoms with Crippen molar-refractivity contribution in [2.24, 2.45) is 0 Å². The molecule has 1 aliphatic heterocycles. The predicted molar refractivity (Wildman–Crippen MR) is 121 cm³/mol. The van der Waals surface area contributed by atoms with Gasteiger partial charge in [-0.25, -0.2) is 0 Å². The number of aromatic nitrogens is 1. The van der Waals surface area contributed by atoms with Crippen molar-refractivity contribution in [3.05, 3.63) is 71.1 Å². The minimum atomic E-state index is -0.642. The van der Waals surface area contributed by atoms with E-state index in [0.717, 1.165) is 18.5 Å². The van der Waals surface area contributed by atoms with Gasteiger partial charge in [-0.1, -0.05) is 45.0 Å². The van der Waals surface area contributed by atoms with E-state index >= 15 is 0 Å². The molecule has 2 heterocycles. The minimum absolute atomic E-state index is 0.00807. The molecule has 6 heteroatoms. The number of pyridine rings is 1. The van der Waals surface area contributed by atoms with E-state index in [1.165, 1.54) is 10.5 Å². The first-order chi connectivity index (χ1) is 14.6. The lowest BCUT2D eigenvalue weighted by Gasteiger charge is -2.26. The van der Waals surface area contributed by atoms with Crippen molar-refractivity contribution < 1.29 is 19.6 Å². The highest BCUT2D eigenvalue weighted by Crippen LogP contribution is 2.39. The summed E-state index contributed by atoms with van der Waals surface area (Å²) < 4.78 is 0. The first-order valence-corrected chi connectivity index (χ1v) is 10.7. The zero-order valence-corrected chi connectivity index (χ0v) is 19.0. The monoisotopic (exact) mass is 422 g/mol. The molecule has 3 rings (SSSR count). The number of quaternary nitrogens is 1. The standard InChI is InChI=1S/C25H31N3O3/c1-25(2,3)19-9-7-17(8-10-19)21-20(22(29)18-11-13-26-14-12-18)23(30)24(31)28(21)16-6-15-27(4)5/h7-14,21,29H,6,15-16H2,1-5H3/p+1/t21-/m1/s1. The number of benzene rings is 1. The molecule has 1 aromatic heterocycles. The highest BCUT2D eigenvalue weighted by molar-refractivity contribution is 6.46. The summed E-state index contributed by atoms with van der Waals surface area (Å²) in [7, 11) is 4.11. The van der Waals surface area contributed by atoms with E-state index in [9.17, 15) is 14.7 Å². The molecule has 1 fully saturated rings. The van der Waals surface area contributed by atoms with Gasteiger partial charge in [0, 0.05) is 30.9 Å². The second-order valence-corrected chi connectivity index (χ2v) is 9.41. The number of nitrogens with one attached hydrogen (secondary N) is 1. The first-order valence-electron chi connectivity index (χ1n) is 10.7. The average molecular weight is 423 g/mol. The molecule has 0 unspecified atom stereocenters. The first kappa shape index (κ1) is 22.7. The molecule has 1 amide bonds.